The first-order valence-corrected chi connectivity index (χ1v) is 4.96. The van der Waals surface area contributed by atoms with Crippen LogP contribution in [0.5, 0.6) is 0 Å². The Kier molecular flexibility index (Phi) is 2.22. The molecule has 0 aliphatic heterocycles. The number of nitrogens with zero attached hydrogens (tertiary/aromatic N) is 3. The molecule has 0 saturated carbocycles. The van der Waals surface area contributed by atoms with Crippen LogP contribution in [0.1, 0.15) is 19.4 Å². The lowest BCUT2D eigenvalue weighted by Gasteiger charge is -2.07. The quantitative estimate of drug-likeness (QED) is 0.581. The Labute approximate surface area is 88.0 Å². The lowest BCUT2D eigenvalue weighted by molar-refractivity contribution is 0.533. The Hall–Kier alpha value is -1.78. The van der Waals surface area contributed by atoms with Gasteiger partial charge in [0.2, 0.25) is 0 Å². The molecule has 0 radical (unpaired) electrons. The highest BCUT2D eigenvalue weighted by atomic mass is 15.3. The third-order valence-electron chi connectivity index (χ3n) is 2.28. The molecule has 0 unspecified atom stereocenters. The number of nitrogens with two attached hydrogens (primary N) is 1. The van der Waals surface area contributed by atoms with E-state index >= 15 is 0 Å². The predicted molar refractivity (Wildman–Crippen MR) is 59.0 cm³/mol. The van der Waals surface area contributed by atoms with E-state index in [-0.39, 0.29) is 5.84 Å². The van der Waals surface area contributed by atoms with Crippen LogP contribution in [-0.2, 0) is 6.54 Å². The van der Waals surface area contributed by atoms with Gasteiger partial charge in [-0.2, -0.15) is 5.10 Å². The SMILES string of the molecule is CC(C)Cn1ccn2ncc(C(=N)N)c12. The highest BCUT2D eigenvalue weighted by Crippen LogP contribution is 2.13. The number of nitrogens with one attached hydrogen (secondary N) is 1. The van der Waals surface area contributed by atoms with E-state index in [1.54, 1.807) is 10.7 Å². The van der Waals surface area contributed by atoms with Crippen molar-refractivity contribution in [2.45, 2.75) is 20.4 Å². The summed E-state index contributed by atoms with van der Waals surface area (Å²) in [7, 11) is 0. The van der Waals surface area contributed by atoms with Crippen LogP contribution in [0.15, 0.2) is 18.6 Å². The van der Waals surface area contributed by atoms with Gasteiger partial charge in [0.25, 0.3) is 0 Å². The molecule has 0 amide bonds. The standard InChI is InChI=1S/C10H15N5/c1-7(2)6-14-3-4-15-10(14)8(5-13-15)9(11)12/h3-5,7H,6H2,1-2H3,(H3,11,12). The summed E-state index contributed by atoms with van der Waals surface area (Å²) in [6, 6.07) is 0. The van der Waals surface area contributed by atoms with Crippen LogP contribution in [0, 0.1) is 11.3 Å². The van der Waals surface area contributed by atoms with E-state index in [4.69, 9.17) is 11.1 Å². The Morgan fingerprint density at radius 3 is 2.87 bits per heavy atom. The number of hydrogen-bond acceptors (Lipinski definition) is 2. The minimum Gasteiger partial charge on any atom is -0.384 e. The predicted octanol–water partition coefficient (Wildman–Crippen LogP) is 1.08. The molecule has 5 heteroatoms. The largest absolute Gasteiger partial charge is 0.384 e. The summed E-state index contributed by atoms with van der Waals surface area (Å²) >= 11 is 0. The monoisotopic (exact) mass is 205 g/mol. The van der Waals surface area contributed by atoms with Gasteiger partial charge in [-0.25, -0.2) is 4.52 Å². The number of rotatable bonds is 3. The van der Waals surface area contributed by atoms with Crippen molar-refractivity contribution in [1.82, 2.24) is 14.2 Å². The minimum absolute atomic E-state index is 0.0636. The Bertz CT molecular complexity index is 491. The van der Waals surface area contributed by atoms with E-state index in [1.165, 1.54) is 0 Å². The normalized spacial score (nSPS) is 11.4. The van der Waals surface area contributed by atoms with Crippen molar-refractivity contribution >= 4 is 11.5 Å². The molecule has 0 aliphatic carbocycles. The number of nitrogen functional groups attached to an aromatic ring is 1. The average Bonchev–Trinajstić information content (AvgIpc) is 2.66. The molecule has 0 spiro atoms. The van der Waals surface area contributed by atoms with Crippen molar-refractivity contribution in [2.24, 2.45) is 11.7 Å². The highest BCUT2D eigenvalue weighted by molar-refractivity contribution is 6.00. The van der Waals surface area contributed by atoms with Crippen LogP contribution in [0.4, 0.5) is 0 Å². The fourth-order valence-corrected chi connectivity index (χ4v) is 1.70. The molecule has 0 saturated heterocycles. The Morgan fingerprint density at radius 1 is 1.53 bits per heavy atom. The Morgan fingerprint density at radius 2 is 2.27 bits per heavy atom. The van der Waals surface area contributed by atoms with Crippen LogP contribution in [0.25, 0.3) is 5.65 Å². The number of hydrogen-bond donors (Lipinski definition) is 2. The molecule has 0 aromatic carbocycles. The number of amidine groups is 1. The van der Waals surface area contributed by atoms with Crippen LogP contribution in [0.3, 0.4) is 0 Å². The molecule has 0 bridgehead atoms. The maximum Gasteiger partial charge on any atom is 0.146 e. The average molecular weight is 205 g/mol. The smallest absolute Gasteiger partial charge is 0.146 e. The van der Waals surface area contributed by atoms with Crippen molar-refractivity contribution < 1.29 is 0 Å². The summed E-state index contributed by atoms with van der Waals surface area (Å²) in [5, 5.41) is 11.6. The highest BCUT2D eigenvalue weighted by Gasteiger charge is 2.11. The van der Waals surface area contributed by atoms with E-state index in [2.05, 4.69) is 23.5 Å². The third kappa shape index (κ3) is 1.60. The van der Waals surface area contributed by atoms with Gasteiger partial charge in [-0.3, -0.25) is 5.41 Å². The first-order chi connectivity index (χ1) is 7.09. The molecule has 3 N–H and O–H groups in total. The third-order valence-corrected chi connectivity index (χ3v) is 2.28. The van der Waals surface area contributed by atoms with Gasteiger partial charge in [-0.15, -0.1) is 0 Å². The number of aromatic nitrogens is 3. The second kappa shape index (κ2) is 3.42. The molecule has 2 heterocycles. The molecule has 0 aliphatic rings. The summed E-state index contributed by atoms with van der Waals surface area (Å²) in [5.41, 5.74) is 7.09. The molecule has 0 fully saturated rings. The summed E-state index contributed by atoms with van der Waals surface area (Å²) in [5.74, 6) is 0.615. The van der Waals surface area contributed by atoms with Gasteiger partial charge in [-0.05, 0) is 5.92 Å². The van der Waals surface area contributed by atoms with Crippen LogP contribution in [0.2, 0.25) is 0 Å². The van der Waals surface area contributed by atoms with Crippen molar-refractivity contribution in [3.8, 4) is 0 Å². The van der Waals surface area contributed by atoms with Crippen LogP contribution >= 0.6 is 0 Å². The number of fused-ring (bicyclic) bond motifs is 1. The van der Waals surface area contributed by atoms with Crippen molar-refractivity contribution in [3.05, 3.63) is 24.2 Å². The van der Waals surface area contributed by atoms with Gasteiger partial charge in [0, 0.05) is 18.9 Å². The maximum absolute atomic E-state index is 7.46. The molecule has 15 heavy (non-hydrogen) atoms. The van der Waals surface area contributed by atoms with Gasteiger partial charge in [0.15, 0.2) is 0 Å². The molecule has 5 nitrogen and oxygen atoms in total. The molecule has 0 atom stereocenters. The van der Waals surface area contributed by atoms with E-state index < -0.39 is 0 Å². The molecule has 2 aromatic rings. The van der Waals surface area contributed by atoms with Gasteiger partial charge < -0.3 is 10.3 Å². The lowest BCUT2D eigenvalue weighted by Crippen LogP contribution is -2.13. The van der Waals surface area contributed by atoms with Crippen LogP contribution < -0.4 is 5.73 Å². The van der Waals surface area contributed by atoms with Crippen molar-refractivity contribution in [3.63, 3.8) is 0 Å². The lowest BCUT2D eigenvalue weighted by atomic mass is 10.2. The molecular weight excluding hydrogens is 190 g/mol. The fourth-order valence-electron chi connectivity index (χ4n) is 1.70. The van der Waals surface area contributed by atoms with Gasteiger partial charge >= 0.3 is 0 Å². The van der Waals surface area contributed by atoms with Gasteiger partial charge in [-0.1, -0.05) is 13.8 Å². The van der Waals surface area contributed by atoms with E-state index in [0.29, 0.717) is 11.5 Å². The Balaban J connectivity index is 2.55. The molecule has 2 rings (SSSR count). The summed E-state index contributed by atoms with van der Waals surface area (Å²) < 4.78 is 3.83. The second-order valence-corrected chi connectivity index (χ2v) is 4.08. The fraction of sp³-hybridized carbons (Fsp3) is 0.400. The van der Waals surface area contributed by atoms with Crippen molar-refractivity contribution in [1.29, 1.82) is 5.41 Å². The zero-order valence-corrected chi connectivity index (χ0v) is 8.94. The number of imidazole rings is 1. The maximum atomic E-state index is 7.46. The van der Waals surface area contributed by atoms with E-state index in [1.807, 2.05) is 12.4 Å². The summed E-state index contributed by atoms with van der Waals surface area (Å²) in [6.45, 7) is 5.21. The summed E-state index contributed by atoms with van der Waals surface area (Å²) in [4.78, 5) is 0. The molecule has 2 aromatic heterocycles. The topological polar surface area (TPSA) is 72.1 Å². The first-order valence-electron chi connectivity index (χ1n) is 4.96. The first kappa shape index (κ1) is 9.76. The zero-order valence-electron chi connectivity index (χ0n) is 8.94. The van der Waals surface area contributed by atoms with Crippen LogP contribution in [-0.4, -0.2) is 20.0 Å². The summed E-state index contributed by atoms with van der Waals surface area (Å²) in [6.07, 6.45) is 5.48. The van der Waals surface area contributed by atoms with E-state index in [0.717, 1.165) is 12.2 Å². The molecule has 80 valence electrons. The van der Waals surface area contributed by atoms with Crippen molar-refractivity contribution in [2.75, 3.05) is 0 Å². The second-order valence-electron chi connectivity index (χ2n) is 4.08. The van der Waals surface area contributed by atoms with E-state index in [9.17, 15) is 0 Å². The van der Waals surface area contributed by atoms with Gasteiger partial charge in [0.05, 0.1) is 11.8 Å². The minimum atomic E-state index is 0.0636. The van der Waals surface area contributed by atoms with Gasteiger partial charge in [0.1, 0.15) is 11.5 Å². The molecular formula is C10H15N5. The zero-order chi connectivity index (χ0) is 11.0.